The first-order valence-electron chi connectivity index (χ1n) is 7.41. The van der Waals surface area contributed by atoms with Gasteiger partial charge in [-0.1, -0.05) is 18.2 Å². The van der Waals surface area contributed by atoms with E-state index in [0.717, 1.165) is 12.1 Å². The molecule has 0 bridgehead atoms. The first kappa shape index (κ1) is 16.6. The van der Waals surface area contributed by atoms with Gasteiger partial charge in [0.25, 0.3) is 0 Å². The maximum atomic E-state index is 13.7. The molecule has 1 heterocycles. The summed E-state index contributed by atoms with van der Waals surface area (Å²) in [6, 6.07) is 9.67. The van der Waals surface area contributed by atoms with Gasteiger partial charge in [0.1, 0.15) is 11.6 Å². The second-order valence-electron chi connectivity index (χ2n) is 5.54. The normalized spacial score (nSPS) is 10.8. The third-order valence-corrected chi connectivity index (χ3v) is 3.95. The van der Waals surface area contributed by atoms with Gasteiger partial charge in [-0.2, -0.15) is 0 Å². The van der Waals surface area contributed by atoms with Crippen molar-refractivity contribution in [2.24, 2.45) is 7.05 Å². The van der Waals surface area contributed by atoms with E-state index in [2.05, 4.69) is 5.32 Å². The number of amides is 1. The molecule has 3 aromatic rings. The van der Waals surface area contributed by atoms with E-state index >= 15 is 0 Å². The molecule has 128 valence electrons. The third kappa shape index (κ3) is 3.08. The lowest BCUT2D eigenvalue weighted by molar-refractivity contribution is -0.255. The van der Waals surface area contributed by atoms with Crippen LogP contribution in [-0.2, 0) is 18.3 Å². The van der Waals surface area contributed by atoms with Crippen LogP contribution in [0.5, 0.6) is 0 Å². The van der Waals surface area contributed by atoms with E-state index in [4.69, 9.17) is 0 Å². The van der Waals surface area contributed by atoms with Crippen molar-refractivity contribution in [2.75, 3.05) is 5.32 Å². The minimum absolute atomic E-state index is 0.115. The molecule has 0 saturated heterocycles. The molecule has 0 saturated carbocycles. The number of nitrogens with one attached hydrogen (secondary N) is 1. The Morgan fingerprint density at radius 2 is 1.88 bits per heavy atom. The van der Waals surface area contributed by atoms with Crippen LogP contribution < -0.4 is 10.4 Å². The summed E-state index contributed by atoms with van der Waals surface area (Å²) in [6.45, 7) is 0. The van der Waals surface area contributed by atoms with Crippen molar-refractivity contribution < 1.29 is 23.5 Å². The summed E-state index contributed by atoms with van der Waals surface area (Å²) in [5.74, 6) is -3.70. The van der Waals surface area contributed by atoms with Crippen LogP contribution in [0.15, 0.2) is 42.5 Å². The van der Waals surface area contributed by atoms with Crippen LogP contribution in [0.4, 0.5) is 14.5 Å². The van der Waals surface area contributed by atoms with Crippen molar-refractivity contribution in [3.63, 3.8) is 0 Å². The van der Waals surface area contributed by atoms with Gasteiger partial charge in [-0.15, -0.1) is 0 Å². The monoisotopic (exact) mass is 343 g/mol. The van der Waals surface area contributed by atoms with Crippen LogP contribution in [-0.4, -0.2) is 16.4 Å². The molecule has 1 amide bonds. The molecule has 0 aliphatic rings. The number of carbonyl (C=O) groups is 2. The Hall–Kier alpha value is -3.22. The van der Waals surface area contributed by atoms with Crippen LogP contribution in [0.3, 0.4) is 0 Å². The number of aromatic carboxylic acids is 1. The highest BCUT2D eigenvalue weighted by molar-refractivity contribution is 6.02. The maximum absolute atomic E-state index is 13.7. The minimum atomic E-state index is -1.41. The third-order valence-electron chi connectivity index (χ3n) is 3.95. The molecular formula is C18H13F2N2O3-. The zero-order chi connectivity index (χ0) is 18.1. The standard InChI is InChI=1S/C18H14F2N2O3/c1-22-15-5-3-2-4-11(15)12(17(22)18(24)25)9-16(23)21-14-7-6-10(19)8-13(14)20/h2-8H,9H2,1H3,(H,21,23)(H,24,25)/p-1. The van der Waals surface area contributed by atoms with E-state index < -0.39 is 23.5 Å². The van der Waals surface area contributed by atoms with Crippen LogP contribution in [0, 0.1) is 11.6 Å². The zero-order valence-corrected chi connectivity index (χ0v) is 13.2. The Kier molecular flexibility index (Phi) is 4.22. The SMILES string of the molecule is Cn1c(C(=O)[O-])c(CC(=O)Nc2ccc(F)cc2F)c2ccccc21. The Bertz CT molecular complexity index is 995. The number of hydrogen-bond acceptors (Lipinski definition) is 3. The number of carboxylic acids is 1. The number of carboxylic acid groups (broad SMARTS) is 1. The van der Waals surface area contributed by atoms with Crippen molar-refractivity contribution in [3.05, 3.63) is 65.4 Å². The first-order valence-corrected chi connectivity index (χ1v) is 7.41. The summed E-state index contributed by atoms with van der Waals surface area (Å²) in [5, 5.41) is 14.4. The molecule has 0 atom stereocenters. The maximum Gasteiger partial charge on any atom is 0.228 e. The minimum Gasteiger partial charge on any atom is -0.543 e. The number of rotatable bonds is 4. The lowest BCUT2D eigenvalue weighted by atomic mass is 10.1. The Balaban J connectivity index is 1.96. The summed E-state index contributed by atoms with van der Waals surface area (Å²) in [6.07, 6.45) is -0.290. The number of aromatic nitrogens is 1. The second kappa shape index (κ2) is 6.35. The molecule has 1 N–H and O–H groups in total. The van der Waals surface area contributed by atoms with Crippen molar-refractivity contribution in [1.82, 2.24) is 4.57 Å². The topological polar surface area (TPSA) is 74.2 Å². The average molecular weight is 343 g/mol. The van der Waals surface area contributed by atoms with Gasteiger partial charge in [-0.05, 0) is 23.8 Å². The van der Waals surface area contributed by atoms with E-state index in [-0.39, 0.29) is 23.4 Å². The van der Waals surface area contributed by atoms with Gasteiger partial charge in [0, 0.05) is 24.0 Å². The quantitative estimate of drug-likeness (QED) is 0.787. The second-order valence-corrected chi connectivity index (χ2v) is 5.54. The molecule has 2 aromatic carbocycles. The molecule has 7 heteroatoms. The van der Waals surface area contributed by atoms with Crippen molar-refractivity contribution in [2.45, 2.75) is 6.42 Å². The highest BCUT2D eigenvalue weighted by Crippen LogP contribution is 2.26. The van der Waals surface area contributed by atoms with Crippen LogP contribution in [0.2, 0.25) is 0 Å². The molecular weight excluding hydrogens is 330 g/mol. The first-order chi connectivity index (χ1) is 11.9. The van der Waals surface area contributed by atoms with Gasteiger partial charge in [0.15, 0.2) is 0 Å². The van der Waals surface area contributed by atoms with Gasteiger partial charge in [0.05, 0.1) is 23.8 Å². The van der Waals surface area contributed by atoms with Crippen LogP contribution in [0.1, 0.15) is 16.1 Å². The van der Waals surface area contributed by atoms with E-state index in [0.29, 0.717) is 17.0 Å². The molecule has 5 nitrogen and oxygen atoms in total. The number of anilines is 1. The summed E-state index contributed by atoms with van der Waals surface area (Å²) >= 11 is 0. The molecule has 0 radical (unpaired) electrons. The number of benzene rings is 2. The Morgan fingerprint density at radius 1 is 1.16 bits per heavy atom. The summed E-state index contributed by atoms with van der Waals surface area (Å²) in [5.41, 5.74) is 0.619. The number of halogens is 2. The van der Waals surface area contributed by atoms with E-state index in [1.54, 1.807) is 31.3 Å². The lowest BCUT2D eigenvalue weighted by Crippen LogP contribution is -2.27. The number of nitrogens with zero attached hydrogens (tertiary/aromatic N) is 1. The molecule has 25 heavy (non-hydrogen) atoms. The molecule has 0 aliphatic carbocycles. The lowest BCUT2D eigenvalue weighted by Gasteiger charge is -2.10. The molecule has 0 unspecified atom stereocenters. The largest absolute Gasteiger partial charge is 0.543 e. The van der Waals surface area contributed by atoms with Gasteiger partial charge >= 0.3 is 0 Å². The summed E-state index contributed by atoms with van der Waals surface area (Å²) < 4.78 is 28.0. The fraction of sp³-hybridized carbons (Fsp3) is 0.111. The number of hydrogen-bond donors (Lipinski definition) is 1. The van der Waals surface area contributed by atoms with E-state index in [9.17, 15) is 23.5 Å². The highest BCUT2D eigenvalue weighted by atomic mass is 19.1. The smallest absolute Gasteiger partial charge is 0.228 e. The molecule has 0 spiro atoms. The predicted molar refractivity (Wildman–Crippen MR) is 85.9 cm³/mol. The van der Waals surface area contributed by atoms with Crippen LogP contribution in [0.25, 0.3) is 10.9 Å². The van der Waals surface area contributed by atoms with E-state index in [1.807, 2.05) is 0 Å². The van der Waals surface area contributed by atoms with Crippen LogP contribution >= 0.6 is 0 Å². The average Bonchev–Trinajstić information content (AvgIpc) is 2.83. The number of para-hydroxylation sites is 1. The Labute approximate surface area is 141 Å². The molecule has 0 aliphatic heterocycles. The number of aryl methyl sites for hydroxylation is 1. The van der Waals surface area contributed by atoms with Crippen molar-refractivity contribution in [3.8, 4) is 0 Å². The number of fused-ring (bicyclic) bond motifs is 1. The summed E-state index contributed by atoms with van der Waals surface area (Å²) in [7, 11) is 1.56. The fourth-order valence-corrected chi connectivity index (χ4v) is 2.86. The zero-order valence-electron chi connectivity index (χ0n) is 13.2. The Morgan fingerprint density at radius 3 is 2.56 bits per heavy atom. The number of carbonyl (C=O) groups excluding carboxylic acids is 2. The van der Waals surface area contributed by atoms with Gasteiger partial charge in [0.2, 0.25) is 5.91 Å². The summed E-state index contributed by atoms with van der Waals surface area (Å²) in [4.78, 5) is 23.7. The van der Waals surface area contributed by atoms with E-state index in [1.165, 1.54) is 4.57 Å². The van der Waals surface area contributed by atoms with Gasteiger partial charge in [-0.25, -0.2) is 8.78 Å². The fourth-order valence-electron chi connectivity index (χ4n) is 2.86. The van der Waals surface area contributed by atoms with Gasteiger partial charge in [-0.3, -0.25) is 4.79 Å². The molecule has 1 aromatic heterocycles. The molecule has 0 fully saturated rings. The van der Waals surface area contributed by atoms with Crippen molar-refractivity contribution in [1.29, 1.82) is 0 Å². The van der Waals surface area contributed by atoms with Gasteiger partial charge < -0.3 is 19.8 Å². The predicted octanol–water partition coefficient (Wildman–Crippen LogP) is 2.00. The molecule has 3 rings (SSSR count). The highest BCUT2D eigenvalue weighted by Gasteiger charge is 2.19. The van der Waals surface area contributed by atoms with Crippen molar-refractivity contribution >= 4 is 28.5 Å².